The first kappa shape index (κ1) is 27.8. The fourth-order valence-corrected chi connectivity index (χ4v) is 8.56. The van der Waals surface area contributed by atoms with Crippen molar-refractivity contribution in [3.05, 3.63) is 168 Å². The highest BCUT2D eigenvalue weighted by atomic mass is 15.2. The maximum atomic E-state index is 4.68. The van der Waals surface area contributed by atoms with Crippen LogP contribution in [0.3, 0.4) is 0 Å². The summed E-state index contributed by atoms with van der Waals surface area (Å²) in [5, 5.41) is 1.16. The summed E-state index contributed by atoms with van der Waals surface area (Å²) in [6.07, 6.45) is 1.88. The topological polar surface area (TPSA) is 16.1 Å². The molecular formula is C45H36N2. The minimum absolute atomic E-state index is 0.254. The predicted octanol–water partition coefficient (Wildman–Crippen LogP) is 12.0. The molecule has 0 fully saturated rings. The molecule has 0 unspecified atom stereocenters. The van der Waals surface area contributed by atoms with Crippen molar-refractivity contribution in [3.8, 4) is 33.4 Å². The predicted molar refractivity (Wildman–Crippen MR) is 197 cm³/mol. The molecule has 0 bridgehead atoms. The molecule has 0 saturated heterocycles. The molecule has 0 amide bonds. The van der Waals surface area contributed by atoms with Crippen LogP contribution in [0, 0.1) is 0 Å². The van der Waals surface area contributed by atoms with Gasteiger partial charge in [0.2, 0.25) is 0 Å². The molecule has 1 heterocycles. The molecule has 0 aliphatic heterocycles. The summed E-state index contributed by atoms with van der Waals surface area (Å²) in [5.74, 6) is 0. The van der Waals surface area contributed by atoms with Gasteiger partial charge in [0.05, 0.1) is 11.2 Å². The van der Waals surface area contributed by atoms with E-state index in [9.17, 15) is 0 Å². The highest BCUT2D eigenvalue weighted by Gasteiger charge is 2.48. The average Bonchev–Trinajstić information content (AvgIpc) is 3.49. The van der Waals surface area contributed by atoms with Crippen molar-refractivity contribution < 1.29 is 0 Å². The van der Waals surface area contributed by atoms with E-state index >= 15 is 0 Å². The molecule has 1 aromatic heterocycles. The summed E-state index contributed by atoms with van der Waals surface area (Å²) in [4.78, 5) is 7.21. The second kappa shape index (κ2) is 10.0. The molecule has 2 heteroatoms. The number of fused-ring (bicyclic) bond motifs is 7. The molecule has 47 heavy (non-hydrogen) atoms. The van der Waals surface area contributed by atoms with Crippen molar-refractivity contribution in [1.82, 2.24) is 4.98 Å². The molecular weight excluding hydrogens is 569 g/mol. The molecule has 0 spiro atoms. The van der Waals surface area contributed by atoms with Crippen LogP contribution >= 0.6 is 0 Å². The number of anilines is 3. The Hall–Kier alpha value is -5.47. The third-order valence-electron chi connectivity index (χ3n) is 10.6. The summed E-state index contributed by atoms with van der Waals surface area (Å²) in [7, 11) is 0. The first-order valence-electron chi connectivity index (χ1n) is 16.6. The van der Waals surface area contributed by atoms with Gasteiger partial charge >= 0.3 is 0 Å². The van der Waals surface area contributed by atoms with Gasteiger partial charge in [0.1, 0.15) is 0 Å². The molecule has 6 aromatic carbocycles. The highest BCUT2D eigenvalue weighted by molar-refractivity contribution is 6.10. The number of benzene rings is 6. The van der Waals surface area contributed by atoms with E-state index in [2.05, 4.69) is 171 Å². The summed E-state index contributed by atoms with van der Waals surface area (Å²) in [6, 6.07) is 51.1. The van der Waals surface area contributed by atoms with Gasteiger partial charge in [0.25, 0.3) is 0 Å². The minimum Gasteiger partial charge on any atom is -0.310 e. The van der Waals surface area contributed by atoms with Crippen molar-refractivity contribution in [3.63, 3.8) is 0 Å². The van der Waals surface area contributed by atoms with Gasteiger partial charge in [-0.05, 0) is 98.1 Å². The van der Waals surface area contributed by atoms with Gasteiger partial charge in [-0.25, -0.2) is 0 Å². The van der Waals surface area contributed by atoms with Crippen LogP contribution in [0.4, 0.5) is 17.1 Å². The van der Waals surface area contributed by atoms with Crippen LogP contribution in [-0.4, -0.2) is 4.98 Å². The lowest BCUT2D eigenvalue weighted by Gasteiger charge is -2.38. The molecule has 0 saturated carbocycles. The second-order valence-corrected chi connectivity index (χ2v) is 14.0. The van der Waals surface area contributed by atoms with E-state index in [1.165, 1.54) is 61.3 Å². The molecule has 2 aliphatic carbocycles. The third-order valence-corrected chi connectivity index (χ3v) is 10.6. The van der Waals surface area contributed by atoms with E-state index in [1.807, 2.05) is 12.3 Å². The van der Waals surface area contributed by atoms with Crippen LogP contribution in [0.1, 0.15) is 49.9 Å². The first-order chi connectivity index (χ1) is 22.9. The van der Waals surface area contributed by atoms with E-state index < -0.39 is 0 Å². The van der Waals surface area contributed by atoms with Crippen LogP contribution in [0.15, 0.2) is 146 Å². The largest absolute Gasteiger partial charge is 0.310 e. The third kappa shape index (κ3) is 3.88. The van der Waals surface area contributed by atoms with E-state index in [1.54, 1.807) is 0 Å². The quantitative estimate of drug-likeness (QED) is 0.199. The maximum absolute atomic E-state index is 4.68. The van der Waals surface area contributed by atoms with Gasteiger partial charge < -0.3 is 4.90 Å². The van der Waals surface area contributed by atoms with Crippen LogP contribution < -0.4 is 4.90 Å². The van der Waals surface area contributed by atoms with E-state index in [-0.39, 0.29) is 10.8 Å². The lowest BCUT2D eigenvalue weighted by atomic mass is 9.73. The molecule has 2 aliphatic rings. The SMILES string of the molecule is CC1(C)c2ccccc2-c2c(-c3ccc4ncccc4c3)c3c(c(N(c4ccccc4)c4ccccc4)c21)C(C)(C)c1ccccc1-3. The molecule has 0 N–H and O–H groups in total. The molecule has 7 aromatic rings. The standard InChI is InChI=1S/C45H36N2/c1-44(2)35-23-13-11-21-33(35)39-38(30-25-26-37-29(28-30)16-15-27-46-37)40-34-22-12-14-24-36(34)45(3,4)42(40)43(41(39)44)47(31-17-7-5-8-18-31)32-19-9-6-10-20-32/h5-28H,1-4H3. The van der Waals surface area contributed by atoms with Gasteiger partial charge in [0, 0.05) is 33.8 Å². The number of hydrogen-bond acceptors (Lipinski definition) is 2. The summed E-state index contributed by atoms with van der Waals surface area (Å²) in [5.41, 5.74) is 17.5. The van der Waals surface area contributed by atoms with Crippen LogP contribution in [-0.2, 0) is 10.8 Å². The van der Waals surface area contributed by atoms with Crippen molar-refractivity contribution in [2.24, 2.45) is 0 Å². The Labute approximate surface area is 277 Å². The molecule has 0 radical (unpaired) electrons. The molecule has 9 rings (SSSR count). The number of aromatic nitrogens is 1. The zero-order chi connectivity index (χ0) is 31.9. The van der Waals surface area contributed by atoms with Crippen LogP contribution in [0.5, 0.6) is 0 Å². The van der Waals surface area contributed by atoms with Crippen molar-refractivity contribution in [2.75, 3.05) is 4.90 Å². The van der Waals surface area contributed by atoms with Gasteiger partial charge in [-0.2, -0.15) is 0 Å². The summed E-state index contributed by atoms with van der Waals surface area (Å²) in [6.45, 7) is 9.69. The number of pyridine rings is 1. The van der Waals surface area contributed by atoms with E-state index in [4.69, 9.17) is 0 Å². The monoisotopic (exact) mass is 604 g/mol. The van der Waals surface area contributed by atoms with Crippen molar-refractivity contribution >= 4 is 28.0 Å². The number of rotatable bonds is 4. The smallest absolute Gasteiger partial charge is 0.0702 e. The van der Waals surface area contributed by atoms with Gasteiger partial charge in [0.15, 0.2) is 0 Å². The Balaban J connectivity index is 1.53. The zero-order valence-electron chi connectivity index (χ0n) is 27.3. The lowest BCUT2D eigenvalue weighted by molar-refractivity contribution is 0.640. The number of para-hydroxylation sites is 2. The van der Waals surface area contributed by atoms with Gasteiger partial charge in [-0.15, -0.1) is 0 Å². The van der Waals surface area contributed by atoms with E-state index in [0.29, 0.717) is 0 Å². The van der Waals surface area contributed by atoms with Crippen molar-refractivity contribution in [1.29, 1.82) is 0 Å². The van der Waals surface area contributed by atoms with E-state index in [0.717, 1.165) is 22.3 Å². The Bertz CT molecular complexity index is 2220. The normalized spacial score (nSPS) is 14.7. The molecule has 226 valence electrons. The Kier molecular flexibility index (Phi) is 5.92. The molecule has 2 nitrogen and oxygen atoms in total. The average molecular weight is 605 g/mol. The molecule has 0 atom stereocenters. The number of nitrogens with zero attached hydrogens (tertiary/aromatic N) is 2. The van der Waals surface area contributed by atoms with Crippen LogP contribution in [0.2, 0.25) is 0 Å². The van der Waals surface area contributed by atoms with Crippen molar-refractivity contribution in [2.45, 2.75) is 38.5 Å². The maximum Gasteiger partial charge on any atom is 0.0702 e. The Morgan fingerprint density at radius 2 is 1.00 bits per heavy atom. The fourth-order valence-electron chi connectivity index (χ4n) is 8.56. The van der Waals surface area contributed by atoms with Gasteiger partial charge in [-0.3, -0.25) is 4.98 Å². The Morgan fingerprint density at radius 1 is 0.489 bits per heavy atom. The second-order valence-electron chi connectivity index (χ2n) is 14.0. The zero-order valence-corrected chi connectivity index (χ0v) is 27.3. The minimum atomic E-state index is -0.254. The fraction of sp³-hybridized carbons (Fsp3) is 0.133. The van der Waals surface area contributed by atoms with Crippen LogP contribution in [0.25, 0.3) is 44.3 Å². The summed E-state index contributed by atoms with van der Waals surface area (Å²) < 4.78 is 0. The first-order valence-corrected chi connectivity index (χ1v) is 16.6. The van der Waals surface area contributed by atoms with Gasteiger partial charge in [-0.1, -0.05) is 125 Å². The highest BCUT2D eigenvalue weighted by Crippen LogP contribution is 2.66. The Morgan fingerprint density at radius 3 is 1.55 bits per heavy atom. The lowest BCUT2D eigenvalue weighted by Crippen LogP contribution is -2.26. The summed E-state index contributed by atoms with van der Waals surface area (Å²) >= 11 is 0. The number of hydrogen-bond donors (Lipinski definition) is 0.